The molecule has 1 saturated heterocycles. The Morgan fingerprint density at radius 2 is 2.04 bits per heavy atom. The zero-order valence-corrected chi connectivity index (χ0v) is 17.8. The van der Waals surface area contributed by atoms with Gasteiger partial charge >= 0.3 is 0 Å². The minimum absolute atomic E-state index is 0.626. The van der Waals surface area contributed by atoms with Gasteiger partial charge in [0.1, 0.15) is 0 Å². The molecule has 0 radical (unpaired) electrons. The van der Waals surface area contributed by atoms with Crippen molar-refractivity contribution >= 4 is 38.9 Å². The van der Waals surface area contributed by atoms with Gasteiger partial charge in [0.05, 0.1) is 14.4 Å². The highest BCUT2D eigenvalue weighted by Crippen LogP contribution is 2.30. The van der Waals surface area contributed by atoms with Crippen molar-refractivity contribution < 1.29 is 0 Å². The maximum atomic E-state index is 4.66. The lowest BCUT2D eigenvalue weighted by Gasteiger charge is -2.30. The molecule has 0 saturated carbocycles. The normalized spacial score (nSPS) is 15.8. The second kappa shape index (κ2) is 8.50. The van der Waals surface area contributed by atoms with E-state index in [1.807, 2.05) is 12.1 Å². The average Bonchev–Trinajstić information content (AvgIpc) is 3.11. The minimum Gasteiger partial charge on any atom is -0.324 e. The Kier molecular flexibility index (Phi) is 5.86. The molecule has 27 heavy (non-hydrogen) atoms. The van der Waals surface area contributed by atoms with Crippen molar-refractivity contribution in [2.24, 2.45) is 5.92 Å². The zero-order chi connectivity index (χ0) is 18.6. The highest BCUT2D eigenvalue weighted by Gasteiger charge is 2.15. The SMILES string of the molecule is CC1CCN(Cc2cccc(Nc3nccc(-c4ccc(Br)s4)n3)c2)CC1. The predicted octanol–water partition coefficient (Wildman–Crippen LogP) is 5.94. The predicted molar refractivity (Wildman–Crippen MR) is 116 cm³/mol. The third kappa shape index (κ3) is 4.94. The molecule has 0 spiro atoms. The van der Waals surface area contributed by atoms with Crippen molar-refractivity contribution in [2.45, 2.75) is 26.3 Å². The molecule has 6 heteroatoms. The van der Waals surface area contributed by atoms with Crippen molar-refractivity contribution in [1.29, 1.82) is 0 Å². The van der Waals surface area contributed by atoms with E-state index < -0.39 is 0 Å². The Labute approximate surface area is 172 Å². The summed E-state index contributed by atoms with van der Waals surface area (Å²) >= 11 is 5.18. The molecular formula is C21H23BrN4S. The van der Waals surface area contributed by atoms with Gasteiger partial charge in [0.25, 0.3) is 0 Å². The lowest BCUT2D eigenvalue weighted by molar-refractivity contribution is 0.185. The third-order valence-electron chi connectivity index (χ3n) is 4.95. The first-order valence-corrected chi connectivity index (χ1v) is 10.9. The molecule has 1 fully saturated rings. The second-order valence-electron chi connectivity index (χ2n) is 7.15. The van der Waals surface area contributed by atoms with Gasteiger partial charge in [-0.2, -0.15) is 0 Å². The van der Waals surface area contributed by atoms with Gasteiger partial charge in [-0.15, -0.1) is 11.3 Å². The Morgan fingerprint density at radius 1 is 1.19 bits per heavy atom. The van der Waals surface area contributed by atoms with Gasteiger partial charge in [-0.1, -0.05) is 19.1 Å². The Morgan fingerprint density at radius 3 is 2.81 bits per heavy atom. The Balaban J connectivity index is 1.45. The summed E-state index contributed by atoms with van der Waals surface area (Å²) in [5.74, 6) is 1.49. The number of rotatable bonds is 5. The van der Waals surface area contributed by atoms with Crippen LogP contribution in [0.2, 0.25) is 0 Å². The fraction of sp³-hybridized carbons (Fsp3) is 0.333. The van der Waals surface area contributed by atoms with Gasteiger partial charge < -0.3 is 5.32 Å². The van der Waals surface area contributed by atoms with Crippen LogP contribution < -0.4 is 5.32 Å². The molecular weight excluding hydrogens is 420 g/mol. The van der Waals surface area contributed by atoms with Crippen LogP contribution in [0, 0.1) is 5.92 Å². The highest BCUT2D eigenvalue weighted by atomic mass is 79.9. The lowest BCUT2D eigenvalue weighted by atomic mass is 9.99. The summed E-state index contributed by atoms with van der Waals surface area (Å²) in [6.07, 6.45) is 4.41. The monoisotopic (exact) mass is 442 g/mol. The van der Waals surface area contributed by atoms with Crippen molar-refractivity contribution in [1.82, 2.24) is 14.9 Å². The van der Waals surface area contributed by atoms with Crippen LogP contribution >= 0.6 is 27.3 Å². The van der Waals surface area contributed by atoms with E-state index in [0.29, 0.717) is 5.95 Å². The van der Waals surface area contributed by atoms with E-state index in [1.165, 1.54) is 31.5 Å². The van der Waals surface area contributed by atoms with Crippen molar-refractivity contribution in [3.63, 3.8) is 0 Å². The molecule has 0 bridgehead atoms. The summed E-state index contributed by atoms with van der Waals surface area (Å²) in [6, 6.07) is 14.6. The van der Waals surface area contributed by atoms with Gasteiger partial charge in [-0.3, -0.25) is 4.90 Å². The number of nitrogens with one attached hydrogen (secondary N) is 1. The number of piperidine rings is 1. The molecule has 4 rings (SSSR count). The molecule has 2 aromatic heterocycles. The van der Waals surface area contributed by atoms with Crippen LogP contribution in [0.15, 0.2) is 52.4 Å². The summed E-state index contributed by atoms with van der Waals surface area (Å²) in [4.78, 5) is 12.7. The van der Waals surface area contributed by atoms with Crippen LogP contribution in [0.3, 0.4) is 0 Å². The van der Waals surface area contributed by atoms with E-state index in [4.69, 9.17) is 0 Å². The standard InChI is InChI=1S/C21H23BrN4S/c1-15-8-11-26(12-9-15)14-16-3-2-4-17(13-16)24-21-23-10-7-18(25-21)19-5-6-20(22)27-19/h2-7,10,13,15H,8-9,11-12,14H2,1H3,(H,23,24,25). The van der Waals surface area contributed by atoms with Crippen LogP contribution in [0.5, 0.6) is 0 Å². The van der Waals surface area contributed by atoms with E-state index in [0.717, 1.165) is 32.5 Å². The summed E-state index contributed by atoms with van der Waals surface area (Å²) in [5.41, 5.74) is 3.29. The number of thiophene rings is 1. The quantitative estimate of drug-likeness (QED) is 0.530. The number of aromatic nitrogens is 2. The molecule has 0 unspecified atom stereocenters. The van der Waals surface area contributed by atoms with Gasteiger partial charge in [-0.05, 0) is 83.7 Å². The molecule has 3 aromatic rings. The average molecular weight is 443 g/mol. The Hall–Kier alpha value is -1.76. The van der Waals surface area contributed by atoms with E-state index >= 15 is 0 Å². The van der Waals surface area contributed by atoms with Crippen molar-refractivity contribution in [3.05, 3.63) is 58.0 Å². The first kappa shape index (κ1) is 18.6. The number of hydrogen-bond acceptors (Lipinski definition) is 5. The highest BCUT2D eigenvalue weighted by molar-refractivity contribution is 9.11. The smallest absolute Gasteiger partial charge is 0.227 e. The molecule has 0 aliphatic carbocycles. The van der Waals surface area contributed by atoms with Crippen LogP contribution in [0.25, 0.3) is 10.6 Å². The number of likely N-dealkylation sites (tertiary alicyclic amines) is 1. The van der Waals surface area contributed by atoms with Crippen LogP contribution in [0.1, 0.15) is 25.3 Å². The number of hydrogen-bond donors (Lipinski definition) is 1. The molecule has 1 aliphatic heterocycles. The molecule has 0 amide bonds. The summed E-state index contributed by atoms with van der Waals surface area (Å²) in [5, 5.41) is 3.36. The van der Waals surface area contributed by atoms with Crippen LogP contribution in [0.4, 0.5) is 11.6 Å². The van der Waals surface area contributed by atoms with E-state index in [9.17, 15) is 0 Å². The van der Waals surface area contributed by atoms with Gasteiger partial charge in [0.2, 0.25) is 5.95 Å². The fourth-order valence-corrected chi connectivity index (χ4v) is 4.72. The van der Waals surface area contributed by atoms with Gasteiger partial charge in [-0.25, -0.2) is 9.97 Å². The van der Waals surface area contributed by atoms with E-state index in [2.05, 4.69) is 73.4 Å². The topological polar surface area (TPSA) is 41.0 Å². The molecule has 4 nitrogen and oxygen atoms in total. The molecule has 140 valence electrons. The Bertz CT molecular complexity index is 902. The molecule has 1 N–H and O–H groups in total. The van der Waals surface area contributed by atoms with Gasteiger partial charge in [0.15, 0.2) is 0 Å². The van der Waals surface area contributed by atoms with Gasteiger partial charge in [0, 0.05) is 18.4 Å². The molecule has 0 atom stereocenters. The zero-order valence-electron chi connectivity index (χ0n) is 15.4. The maximum absolute atomic E-state index is 4.66. The largest absolute Gasteiger partial charge is 0.324 e. The number of benzene rings is 1. The summed E-state index contributed by atoms with van der Waals surface area (Å²) in [7, 11) is 0. The third-order valence-corrected chi connectivity index (χ3v) is 6.59. The van der Waals surface area contributed by atoms with Crippen molar-refractivity contribution in [3.8, 4) is 10.6 Å². The number of anilines is 2. The van der Waals surface area contributed by atoms with Crippen LogP contribution in [-0.2, 0) is 6.54 Å². The minimum atomic E-state index is 0.626. The molecule has 1 aromatic carbocycles. The van der Waals surface area contributed by atoms with E-state index in [1.54, 1.807) is 17.5 Å². The lowest BCUT2D eigenvalue weighted by Crippen LogP contribution is -2.32. The number of nitrogens with zero attached hydrogens (tertiary/aromatic N) is 3. The van der Waals surface area contributed by atoms with Crippen LogP contribution in [-0.4, -0.2) is 28.0 Å². The van der Waals surface area contributed by atoms with E-state index in [-0.39, 0.29) is 0 Å². The fourth-order valence-electron chi connectivity index (χ4n) is 3.36. The first-order chi connectivity index (χ1) is 13.2. The molecule has 1 aliphatic rings. The first-order valence-electron chi connectivity index (χ1n) is 9.33. The van der Waals surface area contributed by atoms with Crippen molar-refractivity contribution in [2.75, 3.05) is 18.4 Å². The second-order valence-corrected chi connectivity index (χ2v) is 9.62. The molecule has 3 heterocycles. The maximum Gasteiger partial charge on any atom is 0.227 e. The summed E-state index contributed by atoms with van der Waals surface area (Å²) < 4.78 is 1.10. The summed E-state index contributed by atoms with van der Waals surface area (Å²) in [6.45, 7) is 5.75. The number of halogens is 1.